The van der Waals surface area contributed by atoms with Crippen molar-refractivity contribution >= 4 is 22.1 Å². The van der Waals surface area contributed by atoms with Gasteiger partial charge in [0.1, 0.15) is 0 Å². The Labute approximate surface area is 83.1 Å². The molecule has 0 bridgehead atoms. The lowest BCUT2D eigenvalue weighted by Gasteiger charge is -1.97. The molecule has 86 valence electrons. The molecule has 0 aromatic heterocycles. The standard InChI is InChI=1S/C5H5NO.CHF3O3S/c7-5-1-3-6-4-2-5;2-1(3,4)8(5,6)7/h1,3-4H,2H2;(H,5,6,7). The summed E-state index contributed by atoms with van der Waals surface area (Å²) in [6.07, 6.45) is 5.05. The molecule has 0 unspecified atom stereocenters. The maximum Gasteiger partial charge on any atom is 0.522 e. The number of halogens is 3. The van der Waals surface area contributed by atoms with Crippen molar-refractivity contribution in [3.8, 4) is 0 Å². The average molecular weight is 245 g/mol. The van der Waals surface area contributed by atoms with Crippen LogP contribution in [0.4, 0.5) is 13.2 Å². The van der Waals surface area contributed by atoms with Crippen molar-refractivity contribution in [1.29, 1.82) is 0 Å². The molecule has 0 saturated carbocycles. The van der Waals surface area contributed by atoms with Crippen molar-refractivity contribution < 1.29 is 30.9 Å². The van der Waals surface area contributed by atoms with Crippen LogP contribution in [0, 0.1) is 0 Å². The number of nitrogens with zero attached hydrogens (tertiary/aromatic N) is 1. The Hall–Kier alpha value is -1.22. The number of hydrogen-bond acceptors (Lipinski definition) is 4. The quantitative estimate of drug-likeness (QED) is 0.508. The third-order valence-electron chi connectivity index (χ3n) is 1.04. The molecule has 0 radical (unpaired) electrons. The molecule has 0 aromatic rings. The van der Waals surface area contributed by atoms with E-state index in [2.05, 4.69) is 4.99 Å². The molecule has 0 atom stereocenters. The molecular weight excluding hydrogens is 239 g/mol. The Morgan fingerprint density at radius 3 is 2.00 bits per heavy atom. The maximum atomic E-state index is 10.7. The molecule has 0 spiro atoms. The zero-order valence-electron chi connectivity index (χ0n) is 7.10. The van der Waals surface area contributed by atoms with Crippen LogP contribution in [0.25, 0.3) is 0 Å². The molecule has 0 amide bonds. The summed E-state index contributed by atoms with van der Waals surface area (Å²) in [5.74, 6) is 0.134. The number of aliphatic imine (C=N–C) groups is 1. The summed E-state index contributed by atoms with van der Waals surface area (Å²) in [6, 6.07) is 0. The van der Waals surface area contributed by atoms with E-state index in [4.69, 9.17) is 13.0 Å². The lowest BCUT2D eigenvalue weighted by molar-refractivity contribution is -0.113. The largest absolute Gasteiger partial charge is 0.522 e. The summed E-state index contributed by atoms with van der Waals surface area (Å²) in [6.45, 7) is 0. The number of carbonyl (C=O) groups excluding carboxylic acids is 1. The lowest BCUT2D eigenvalue weighted by Crippen LogP contribution is -2.21. The average Bonchev–Trinajstić information content (AvgIpc) is 2.02. The Bertz CT molecular complexity index is 382. The molecule has 15 heavy (non-hydrogen) atoms. The van der Waals surface area contributed by atoms with Gasteiger partial charge in [-0.3, -0.25) is 14.3 Å². The van der Waals surface area contributed by atoms with Crippen molar-refractivity contribution in [2.24, 2.45) is 4.99 Å². The SMILES string of the molecule is O=C1C=CN=CC1.O=S(=O)(O)C(F)(F)F. The van der Waals surface area contributed by atoms with Crippen LogP contribution in [0.1, 0.15) is 6.42 Å². The van der Waals surface area contributed by atoms with Gasteiger partial charge in [0.05, 0.1) is 0 Å². The fourth-order valence-electron chi connectivity index (χ4n) is 0.398. The molecule has 0 aliphatic carbocycles. The Morgan fingerprint density at radius 1 is 1.40 bits per heavy atom. The van der Waals surface area contributed by atoms with E-state index in [0.29, 0.717) is 6.42 Å². The third kappa shape index (κ3) is 5.96. The van der Waals surface area contributed by atoms with Crippen molar-refractivity contribution in [3.05, 3.63) is 12.3 Å². The fraction of sp³-hybridized carbons (Fsp3) is 0.333. The summed E-state index contributed by atoms with van der Waals surface area (Å²) in [4.78, 5) is 14.0. The summed E-state index contributed by atoms with van der Waals surface area (Å²) in [5, 5.41) is 0. The maximum absolute atomic E-state index is 10.7. The summed E-state index contributed by atoms with van der Waals surface area (Å²) in [7, 11) is -5.84. The van der Waals surface area contributed by atoms with Gasteiger partial charge in [0.2, 0.25) is 0 Å². The van der Waals surface area contributed by atoms with Crippen LogP contribution in [-0.4, -0.2) is 30.5 Å². The number of carbonyl (C=O) groups is 1. The fourth-order valence-corrected chi connectivity index (χ4v) is 0.398. The van der Waals surface area contributed by atoms with E-state index in [0.717, 1.165) is 0 Å². The molecule has 1 aliphatic rings. The van der Waals surface area contributed by atoms with E-state index in [1.807, 2.05) is 0 Å². The third-order valence-corrected chi connectivity index (χ3v) is 1.62. The van der Waals surface area contributed by atoms with Gasteiger partial charge in [-0.25, -0.2) is 0 Å². The van der Waals surface area contributed by atoms with E-state index in [1.54, 1.807) is 6.21 Å². The van der Waals surface area contributed by atoms with Crippen LogP contribution in [0.2, 0.25) is 0 Å². The van der Waals surface area contributed by atoms with E-state index in [-0.39, 0.29) is 5.78 Å². The number of rotatable bonds is 0. The minimum absolute atomic E-state index is 0.134. The van der Waals surface area contributed by atoms with E-state index in [9.17, 15) is 18.0 Å². The van der Waals surface area contributed by atoms with Crippen LogP contribution in [0.5, 0.6) is 0 Å². The molecule has 5 nitrogen and oxygen atoms in total. The van der Waals surface area contributed by atoms with E-state index < -0.39 is 15.6 Å². The van der Waals surface area contributed by atoms with Gasteiger partial charge in [0, 0.05) is 18.8 Å². The molecule has 1 aliphatic heterocycles. The first-order valence-corrected chi connectivity index (χ1v) is 4.83. The van der Waals surface area contributed by atoms with Gasteiger partial charge < -0.3 is 0 Å². The zero-order chi connectivity index (χ0) is 12.1. The predicted molar refractivity (Wildman–Crippen MR) is 44.9 cm³/mol. The van der Waals surface area contributed by atoms with Gasteiger partial charge in [0.25, 0.3) is 0 Å². The number of hydrogen-bond donors (Lipinski definition) is 1. The summed E-state index contributed by atoms with van der Waals surface area (Å²) in [5.41, 5.74) is -5.53. The van der Waals surface area contributed by atoms with Crippen molar-refractivity contribution in [2.45, 2.75) is 11.9 Å². The molecule has 1 N–H and O–H groups in total. The first-order valence-electron chi connectivity index (χ1n) is 3.39. The highest BCUT2D eigenvalue weighted by atomic mass is 32.2. The van der Waals surface area contributed by atoms with Crippen LogP contribution in [0.15, 0.2) is 17.3 Å². The van der Waals surface area contributed by atoms with Crippen LogP contribution in [-0.2, 0) is 14.9 Å². The first-order chi connectivity index (χ1) is 6.64. The normalized spacial score (nSPS) is 15.9. The first kappa shape index (κ1) is 13.8. The molecule has 0 fully saturated rings. The van der Waals surface area contributed by atoms with Crippen molar-refractivity contribution in [1.82, 2.24) is 0 Å². The monoisotopic (exact) mass is 245 g/mol. The van der Waals surface area contributed by atoms with Crippen molar-refractivity contribution in [2.75, 3.05) is 0 Å². The number of allylic oxidation sites excluding steroid dienone is 1. The molecule has 0 saturated heterocycles. The molecule has 1 rings (SSSR count). The zero-order valence-corrected chi connectivity index (χ0v) is 7.92. The van der Waals surface area contributed by atoms with Gasteiger partial charge in [-0.2, -0.15) is 21.6 Å². The summed E-state index contributed by atoms with van der Waals surface area (Å²) < 4.78 is 57.5. The number of alkyl halides is 3. The number of ketones is 1. The second kappa shape index (κ2) is 5.03. The molecule has 0 aromatic carbocycles. The van der Waals surface area contributed by atoms with Crippen molar-refractivity contribution in [3.63, 3.8) is 0 Å². The van der Waals surface area contributed by atoms with Gasteiger partial charge in [-0.1, -0.05) is 0 Å². The molecule has 1 heterocycles. The lowest BCUT2D eigenvalue weighted by atomic mass is 10.3. The highest BCUT2D eigenvalue weighted by molar-refractivity contribution is 7.86. The smallest absolute Gasteiger partial charge is 0.294 e. The summed E-state index contributed by atoms with van der Waals surface area (Å²) >= 11 is 0. The second-order valence-electron chi connectivity index (χ2n) is 2.24. The minimum atomic E-state index is -5.84. The Balaban J connectivity index is 0.000000262. The van der Waals surface area contributed by atoms with Gasteiger partial charge in [0.15, 0.2) is 5.78 Å². The minimum Gasteiger partial charge on any atom is -0.294 e. The topological polar surface area (TPSA) is 83.8 Å². The second-order valence-corrected chi connectivity index (χ2v) is 3.65. The predicted octanol–water partition coefficient (Wildman–Crippen LogP) is 0.938. The van der Waals surface area contributed by atoms with Gasteiger partial charge in [-0.15, -0.1) is 0 Å². The van der Waals surface area contributed by atoms with Gasteiger partial charge >= 0.3 is 15.6 Å². The van der Waals surface area contributed by atoms with E-state index >= 15 is 0 Å². The molecular formula is C6H6F3NO4S. The Morgan fingerprint density at radius 2 is 1.87 bits per heavy atom. The van der Waals surface area contributed by atoms with Crippen LogP contribution in [0.3, 0.4) is 0 Å². The van der Waals surface area contributed by atoms with E-state index in [1.165, 1.54) is 12.3 Å². The molecule has 9 heteroatoms. The van der Waals surface area contributed by atoms with Gasteiger partial charge in [-0.05, 0) is 6.08 Å². The van der Waals surface area contributed by atoms with Crippen LogP contribution < -0.4 is 0 Å². The van der Waals surface area contributed by atoms with Crippen LogP contribution >= 0.6 is 0 Å². The highest BCUT2D eigenvalue weighted by Gasteiger charge is 2.44. The Kier molecular flexibility index (Phi) is 4.62. The highest BCUT2D eigenvalue weighted by Crippen LogP contribution is 2.20.